The van der Waals surface area contributed by atoms with Gasteiger partial charge < -0.3 is 14.7 Å². The van der Waals surface area contributed by atoms with E-state index in [1.165, 1.54) is 12.2 Å². The third-order valence-corrected chi connectivity index (χ3v) is 9.95. The number of likely N-dealkylation sites (N-methyl/N-ethyl adjacent to an activating group) is 1. The van der Waals surface area contributed by atoms with Gasteiger partial charge in [-0.1, -0.05) is 23.2 Å². The Balaban J connectivity index is 1.40. The van der Waals surface area contributed by atoms with Crippen LogP contribution in [0.2, 0.25) is 10.0 Å². The summed E-state index contributed by atoms with van der Waals surface area (Å²) >= 11 is 13.6. The summed E-state index contributed by atoms with van der Waals surface area (Å²) in [5.74, 6) is -0.0636. The summed E-state index contributed by atoms with van der Waals surface area (Å²) in [5, 5.41) is 14.7. The molecule has 2 aliphatic heterocycles. The van der Waals surface area contributed by atoms with Crippen molar-refractivity contribution in [3.05, 3.63) is 58.1 Å². The molecule has 2 saturated heterocycles. The van der Waals surface area contributed by atoms with Gasteiger partial charge in [-0.15, -0.1) is 0 Å². The maximum Gasteiger partial charge on any atom is 0.246 e. The van der Waals surface area contributed by atoms with E-state index in [2.05, 4.69) is 20.0 Å². The van der Waals surface area contributed by atoms with Crippen LogP contribution in [0.1, 0.15) is 24.4 Å². The zero-order valence-corrected chi connectivity index (χ0v) is 26.6. The van der Waals surface area contributed by atoms with Gasteiger partial charge in [-0.25, -0.2) is 13.8 Å². The fourth-order valence-corrected chi connectivity index (χ4v) is 7.12. The average molecular weight is 654 g/mol. The second kappa shape index (κ2) is 11.5. The van der Waals surface area contributed by atoms with E-state index in [0.29, 0.717) is 70.2 Å². The van der Waals surface area contributed by atoms with Crippen LogP contribution in [0, 0.1) is 12.7 Å². The van der Waals surface area contributed by atoms with Crippen molar-refractivity contribution < 1.29 is 13.6 Å². The Morgan fingerprint density at radius 1 is 1.09 bits per heavy atom. The topological polar surface area (TPSA) is 86.2 Å². The van der Waals surface area contributed by atoms with Gasteiger partial charge >= 0.3 is 0 Å². The molecule has 5 aromatic rings. The van der Waals surface area contributed by atoms with Crippen molar-refractivity contribution in [3.63, 3.8) is 0 Å². The monoisotopic (exact) mass is 652 g/mol. The number of benzene rings is 2. The van der Waals surface area contributed by atoms with Crippen molar-refractivity contribution in [1.82, 2.24) is 34.8 Å². The van der Waals surface area contributed by atoms with Crippen LogP contribution in [-0.2, 0) is 4.79 Å². The number of alkyl halides is 1. The van der Waals surface area contributed by atoms with Crippen molar-refractivity contribution >= 4 is 67.6 Å². The number of amides is 1. The summed E-state index contributed by atoms with van der Waals surface area (Å²) in [7, 11) is 4.09. The summed E-state index contributed by atoms with van der Waals surface area (Å²) in [4.78, 5) is 23.5. The molecule has 0 aliphatic carbocycles. The minimum absolute atomic E-state index is 0.0386. The summed E-state index contributed by atoms with van der Waals surface area (Å²) in [5.41, 5.74) is 3.13. The van der Waals surface area contributed by atoms with E-state index >= 15 is 4.39 Å². The van der Waals surface area contributed by atoms with Crippen LogP contribution in [0.3, 0.4) is 0 Å². The Bertz CT molecular complexity index is 1990. The normalized spacial score (nSPS) is 16.7. The van der Waals surface area contributed by atoms with Crippen LogP contribution >= 0.6 is 23.2 Å². The van der Waals surface area contributed by atoms with E-state index in [4.69, 9.17) is 33.3 Å². The first kappa shape index (κ1) is 29.9. The number of aromatic amines is 1. The number of H-pyrrole nitrogens is 1. The lowest BCUT2D eigenvalue weighted by Crippen LogP contribution is -2.57. The Morgan fingerprint density at radius 2 is 1.84 bits per heavy atom. The highest BCUT2D eigenvalue weighted by Gasteiger charge is 2.34. The first-order chi connectivity index (χ1) is 21.7. The van der Waals surface area contributed by atoms with Gasteiger partial charge in [0.25, 0.3) is 0 Å². The summed E-state index contributed by atoms with van der Waals surface area (Å²) < 4.78 is 31.5. The number of carbonyl (C=O) groups is 1. The molecule has 0 saturated carbocycles. The smallest absolute Gasteiger partial charge is 0.246 e. The molecule has 0 spiro atoms. The number of fused-ring (bicyclic) bond motifs is 4. The number of hydrogen-bond acceptors (Lipinski definition) is 6. The van der Waals surface area contributed by atoms with Crippen LogP contribution in [0.25, 0.3) is 43.8 Å². The number of halogens is 4. The summed E-state index contributed by atoms with van der Waals surface area (Å²) in [6.07, 6.45) is 7.25. The number of nitrogens with one attached hydrogen (secondary N) is 1. The molecule has 7 rings (SSSR count). The predicted molar refractivity (Wildman–Crippen MR) is 174 cm³/mol. The molecule has 45 heavy (non-hydrogen) atoms. The zero-order valence-electron chi connectivity index (χ0n) is 25.1. The second-order valence-electron chi connectivity index (χ2n) is 12.1. The van der Waals surface area contributed by atoms with Gasteiger partial charge in [-0.05, 0) is 57.6 Å². The molecule has 2 aromatic carbocycles. The van der Waals surface area contributed by atoms with Crippen molar-refractivity contribution in [1.29, 1.82) is 0 Å². The number of pyridine rings is 1. The number of carbonyl (C=O) groups excluding carboxylic acids is 1. The first-order valence-corrected chi connectivity index (χ1v) is 15.7. The lowest BCUT2D eigenvalue weighted by molar-refractivity contribution is -0.127. The van der Waals surface area contributed by atoms with E-state index in [0.717, 1.165) is 24.0 Å². The molecule has 2 aliphatic rings. The van der Waals surface area contributed by atoms with Gasteiger partial charge in [0, 0.05) is 65.2 Å². The lowest BCUT2D eigenvalue weighted by atomic mass is 9.94. The summed E-state index contributed by atoms with van der Waals surface area (Å²) in [6, 6.07) is 3.87. The van der Waals surface area contributed by atoms with Crippen molar-refractivity contribution in [2.24, 2.45) is 0 Å². The highest BCUT2D eigenvalue weighted by atomic mass is 35.5. The number of hydrogen-bond donors (Lipinski definition) is 1. The first-order valence-electron chi connectivity index (χ1n) is 14.9. The van der Waals surface area contributed by atoms with Gasteiger partial charge in [0.05, 0.1) is 39.9 Å². The number of allylic oxidation sites excluding steroid dienone is 1. The molecule has 1 amide bonds. The van der Waals surface area contributed by atoms with E-state index in [1.54, 1.807) is 29.4 Å². The predicted octanol–water partition coefficient (Wildman–Crippen LogP) is 6.32. The number of aromatic nitrogens is 5. The van der Waals surface area contributed by atoms with Crippen LogP contribution < -0.4 is 4.90 Å². The SMILES string of the molecule is Cc1c(Cl)cc2[nH]ncc2c1-c1c(Cl)cc2c(nc(N3CC(N(C)C)C3)c3cnn(C4CCN(C(=O)/C=C/CF)CC4)c32)c1F. The fraction of sp³-hybridized carbons (Fsp3) is 0.375. The molecule has 0 radical (unpaired) electrons. The fourth-order valence-electron chi connectivity index (χ4n) is 6.63. The number of piperidine rings is 1. The molecule has 0 bridgehead atoms. The standard InChI is InChI=1S/C32H32Cl2F2N8O/c1-17-23(33)12-25-21(13-37-40-25)27(17)28-24(34)11-20-30(29(28)36)39-32(43-15-19(16-43)41(2)3)22-14-38-44(31(20)22)18-6-9-42(10-7-18)26(45)5-4-8-35/h4-5,11-14,18-19H,6-10,15-16H2,1-3H3,(H,37,40)/b5-4+. The van der Waals surface area contributed by atoms with Gasteiger partial charge in [-0.3, -0.25) is 14.6 Å². The summed E-state index contributed by atoms with van der Waals surface area (Å²) in [6.45, 7) is 3.67. The minimum Gasteiger partial charge on any atom is -0.353 e. The second-order valence-corrected chi connectivity index (χ2v) is 12.9. The van der Waals surface area contributed by atoms with Crippen LogP contribution in [0.15, 0.2) is 36.7 Å². The maximum absolute atomic E-state index is 17.0. The quantitative estimate of drug-likeness (QED) is 0.216. The molecule has 3 aromatic heterocycles. The molecule has 0 atom stereocenters. The third kappa shape index (κ3) is 4.92. The van der Waals surface area contributed by atoms with E-state index in [-0.39, 0.29) is 28.1 Å². The van der Waals surface area contributed by atoms with E-state index in [1.807, 2.05) is 25.7 Å². The van der Waals surface area contributed by atoms with Gasteiger partial charge in [0.1, 0.15) is 18.0 Å². The minimum atomic E-state index is -0.679. The van der Waals surface area contributed by atoms with Crippen LogP contribution in [0.4, 0.5) is 14.6 Å². The van der Waals surface area contributed by atoms with Crippen molar-refractivity contribution in [3.8, 4) is 11.1 Å². The number of rotatable bonds is 6. The molecule has 1 N–H and O–H groups in total. The van der Waals surface area contributed by atoms with Crippen molar-refractivity contribution in [2.75, 3.05) is 51.8 Å². The number of likely N-dealkylation sites (tertiary alicyclic amines) is 1. The number of anilines is 1. The Labute approximate surface area is 268 Å². The molecule has 5 heterocycles. The Kier molecular flexibility index (Phi) is 7.66. The molecular formula is C32H32Cl2F2N8O. The van der Waals surface area contributed by atoms with Gasteiger partial charge in [0.15, 0.2) is 5.82 Å². The maximum atomic E-state index is 17.0. The largest absolute Gasteiger partial charge is 0.353 e. The highest BCUT2D eigenvalue weighted by molar-refractivity contribution is 6.36. The number of nitrogens with zero attached hydrogens (tertiary/aromatic N) is 7. The molecule has 13 heteroatoms. The average Bonchev–Trinajstić information content (AvgIpc) is 3.65. The molecule has 9 nitrogen and oxygen atoms in total. The van der Waals surface area contributed by atoms with E-state index in [9.17, 15) is 9.18 Å². The van der Waals surface area contributed by atoms with Crippen molar-refractivity contribution in [2.45, 2.75) is 31.8 Å². The van der Waals surface area contributed by atoms with Crippen LogP contribution in [0.5, 0.6) is 0 Å². The molecule has 234 valence electrons. The molecule has 0 unspecified atom stereocenters. The van der Waals surface area contributed by atoms with E-state index < -0.39 is 12.5 Å². The van der Waals surface area contributed by atoms with Gasteiger partial charge in [-0.2, -0.15) is 10.2 Å². The van der Waals surface area contributed by atoms with Gasteiger partial charge in [0.2, 0.25) is 5.91 Å². The Hall–Kier alpha value is -3.80. The third-order valence-electron chi connectivity index (χ3n) is 9.26. The molecule has 2 fully saturated rings. The van der Waals surface area contributed by atoms with Crippen LogP contribution in [-0.4, -0.2) is 93.7 Å². The Morgan fingerprint density at radius 3 is 2.56 bits per heavy atom. The highest BCUT2D eigenvalue weighted by Crippen LogP contribution is 2.45. The zero-order chi connectivity index (χ0) is 31.6. The lowest BCUT2D eigenvalue weighted by Gasteiger charge is -2.43. The molecular weight excluding hydrogens is 621 g/mol.